The van der Waals surface area contributed by atoms with E-state index in [0.717, 1.165) is 15.9 Å². The van der Waals surface area contributed by atoms with Gasteiger partial charge < -0.3 is 10.1 Å². The van der Waals surface area contributed by atoms with Gasteiger partial charge in [0, 0.05) is 4.47 Å². The fourth-order valence-electron chi connectivity index (χ4n) is 1.90. The molecular weight excluding hydrogens is 346 g/mol. The number of hydrogen-bond acceptors (Lipinski definition) is 5. The third-order valence-electron chi connectivity index (χ3n) is 2.94. The molecule has 22 heavy (non-hydrogen) atoms. The lowest BCUT2D eigenvalue weighted by atomic mass is 10.3. The van der Waals surface area contributed by atoms with E-state index < -0.39 is 0 Å². The fraction of sp³-hybridized carbons (Fsp3) is 0.133. The minimum absolute atomic E-state index is 0.517. The van der Waals surface area contributed by atoms with Crippen LogP contribution in [-0.2, 0) is 0 Å². The van der Waals surface area contributed by atoms with Gasteiger partial charge in [-0.3, -0.25) is 0 Å². The van der Waals surface area contributed by atoms with Crippen LogP contribution in [0.5, 0.6) is 5.75 Å². The number of para-hydroxylation sites is 1. The summed E-state index contributed by atoms with van der Waals surface area (Å²) >= 11 is 3.39. The Kier molecular flexibility index (Phi) is 4.65. The molecule has 1 heterocycles. The minimum atomic E-state index is 0.517. The first-order chi connectivity index (χ1) is 10.8. The van der Waals surface area contributed by atoms with Crippen LogP contribution in [0, 0.1) is 0 Å². The first kappa shape index (κ1) is 14.5. The molecule has 0 aliphatic heterocycles. The lowest BCUT2D eigenvalue weighted by Gasteiger charge is -2.08. The highest BCUT2D eigenvalue weighted by molar-refractivity contribution is 9.10. The van der Waals surface area contributed by atoms with Crippen LogP contribution in [0.1, 0.15) is 0 Å². The van der Waals surface area contributed by atoms with Gasteiger partial charge >= 0.3 is 0 Å². The zero-order valence-electron chi connectivity index (χ0n) is 11.7. The van der Waals surface area contributed by atoms with Gasteiger partial charge in [-0.1, -0.05) is 39.2 Å². The summed E-state index contributed by atoms with van der Waals surface area (Å²) in [7, 11) is 0. The topological polar surface area (TPSA) is 64.9 Å². The van der Waals surface area contributed by atoms with E-state index in [1.54, 1.807) is 4.68 Å². The summed E-state index contributed by atoms with van der Waals surface area (Å²) in [5, 5.41) is 14.8. The van der Waals surface area contributed by atoms with Crippen molar-refractivity contribution >= 4 is 21.9 Å². The van der Waals surface area contributed by atoms with Crippen molar-refractivity contribution in [3.63, 3.8) is 0 Å². The first-order valence-corrected chi connectivity index (χ1v) is 7.58. The summed E-state index contributed by atoms with van der Waals surface area (Å²) in [5.74, 6) is 1.42. The molecule has 0 saturated heterocycles. The lowest BCUT2D eigenvalue weighted by molar-refractivity contribution is 0.332. The maximum Gasteiger partial charge on any atom is 0.247 e. The van der Waals surface area contributed by atoms with E-state index in [1.165, 1.54) is 0 Å². The number of nitrogens with one attached hydrogen (secondary N) is 1. The quantitative estimate of drug-likeness (QED) is 0.685. The number of halogens is 1. The molecule has 1 aromatic heterocycles. The molecule has 1 N–H and O–H groups in total. The van der Waals surface area contributed by atoms with Gasteiger partial charge in [0.05, 0.1) is 12.2 Å². The van der Waals surface area contributed by atoms with Gasteiger partial charge in [0.25, 0.3) is 0 Å². The molecule has 0 unspecified atom stereocenters. The zero-order chi connectivity index (χ0) is 15.2. The highest BCUT2D eigenvalue weighted by Gasteiger charge is 2.06. The Morgan fingerprint density at radius 1 is 1.05 bits per heavy atom. The zero-order valence-corrected chi connectivity index (χ0v) is 13.3. The largest absolute Gasteiger partial charge is 0.492 e. The second kappa shape index (κ2) is 7.04. The molecular formula is C15H14BrN5O. The molecule has 3 rings (SSSR count). The summed E-state index contributed by atoms with van der Waals surface area (Å²) in [6, 6.07) is 17.4. The third kappa shape index (κ3) is 3.62. The van der Waals surface area contributed by atoms with Crippen LogP contribution in [0.3, 0.4) is 0 Å². The van der Waals surface area contributed by atoms with Gasteiger partial charge in [-0.05, 0) is 46.8 Å². The SMILES string of the molecule is Brc1ccc(OCCNc2nnnn2-c2ccccc2)cc1. The molecule has 112 valence electrons. The summed E-state index contributed by atoms with van der Waals surface area (Å²) in [5.41, 5.74) is 0.906. The van der Waals surface area contributed by atoms with E-state index in [1.807, 2.05) is 54.6 Å². The molecule has 0 atom stereocenters. The number of nitrogens with zero attached hydrogens (tertiary/aromatic N) is 4. The second-order valence-corrected chi connectivity index (χ2v) is 5.39. The van der Waals surface area contributed by atoms with E-state index in [4.69, 9.17) is 4.74 Å². The predicted octanol–water partition coefficient (Wildman–Crippen LogP) is 2.92. The van der Waals surface area contributed by atoms with Crippen molar-refractivity contribution in [3.05, 3.63) is 59.1 Å². The Balaban J connectivity index is 1.54. The van der Waals surface area contributed by atoms with Gasteiger partial charge in [-0.25, -0.2) is 0 Å². The van der Waals surface area contributed by atoms with Crippen molar-refractivity contribution in [2.75, 3.05) is 18.5 Å². The standard InChI is InChI=1S/C15H14BrN5O/c16-12-6-8-14(9-7-12)22-11-10-17-15-18-19-20-21(15)13-4-2-1-3-5-13/h1-9H,10-11H2,(H,17,18,20). The molecule has 2 aromatic carbocycles. The van der Waals surface area contributed by atoms with Gasteiger partial charge in [-0.2, -0.15) is 4.68 Å². The van der Waals surface area contributed by atoms with E-state index in [9.17, 15) is 0 Å². The van der Waals surface area contributed by atoms with Crippen molar-refractivity contribution in [2.24, 2.45) is 0 Å². The average molecular weight is 360 g/mol. The average Bonchev–Trinajstić information content (AvgIpc) is 3.02. The van der Waals surface area contributed by atoms with E-state index in [0.29, 0.717) is 19.1 Å². The number of aromatic nitrogens is 4. The van der Waals surface area contributed by atoms with E-state index in [-0.39, 0.29) is 0 Å². The monoisotopic (exact) mass is 359 g/mol. The van der Waals surface area contributed by atoms with Gasteiger partial charge in [0.1, 0.15) is 12.4 Å². The number of benzene rings is 2. The Labute approximate surface area is 136 Å². The van der Waals surface area contributed by atoms with Gasteiger partial charge in [0.2, 0.25) is 5.95 Å². The van der Waals surface area contributed by atoms with Crippen LogP contribution < -0.4 is 10.1 Å². The second-order valence-electron chi connectivity index (χ2n) is 4.48. The normalized spacial score (nSPS) is 10.4. The maximum atomic E-state index is 5.64. The molecule has 0 amide bonds. The Morgan fingerprint density at radius 2 is 1.82 bits per heavy atom. The Morgan fingerprint density at radius 3 is 2.59 bits per heavy atom. The summed E-state index contributed by atoms with van der Waals surface area (Å²) in [4.78, 5) is 0. The van der Waals surface area contributed by atoms with E-state index >= 15 is 0 Å². The summed E-state index contributed by atoms with van der Waals surface area (Å²) < 4.78 is 8.32. The maximum absolute atomic E-state index is 5.64. The van der Waals surface area contributed by atoms with E-state index in [2.05, 4.69) is 36.8 Å². The number of tetrazole rings is 1. The highest BCUT2D eigenvalue weighted by atomic mass is 79.9. The van der Waals surface area contributed by atoms with Crippen LogP contribution >= 0.6 is 15.9 Å². The van der Waals surface area contributed by atoms with Gasteiger partial charge in [-0.15, -0.1) is 0 Å². The molecule has 0 spiro atoms. The minimum Gasteiger partial charge on any atom is -0.492 e. The smallest absolute Gasteiger partial charge is 0.247 e. The Hall–Kier alpha value is -2.41. The van der Waals surface area contributed by atoms with Crippen LogP contribution in [0.15, 0.2) is 59.1 Å². The van der Waals surface area contributed by atoms with Crippen molar-refractivity contribution in [1.29, 1.82) is 0 Å². The van der Waals surface area contributed by atoms with Crippen molar-refractivity contribution in [3.8, 4) is 11.4 Å². The molecule has 0 saturated carbocycles. The molecule has 0 aliphatic rings. The molecule has 0 bridgehead atoms. The fourth-order valence-corrected chi connectivity index (χ4v) is 2.17. The van der Waals surface area contributed by atoms with Crippen molar-refractivity contribution in [2.45, 2.75) is 0 Å². The van der Waals surface area contributed by atoms with Crippen molar-refractivity contribution < 1.29 is 4.74 Å². The molecule has 3 aromatic rings. The summed E-state index contributed by atoms with van der Waals surface area (Å²) in [6.07, 6.45) is 0. The highest BCUT2D eigenvalue weighted by Crippen LogP contribution is 2.16. The molecule has 6 nitrogen and oxygen atoms in total. The molecule has 0 aliphatic carbocycles. The predicted molar refractivity (Wildman–Crippen MR) is 87.3 cm³/mol. The van der Waals surface area contributed by atoms with Crippen molar-refractivity contribution in [1.82, 2.24) is 20.2 Å². The van der Waals surface area contributed by atoms with Crippen LogP contribution in [0.25, 0.3) is 5.69 Å². The molecule has 0 radical (unpaired) electrons. The van der Waals surface area contributed by atoms with Crippen LogP contribution in [-0.4, -0.2) is 33.4 Å². The van der Waals surface area contributed by atoms with Gasteiger partial charge in [0.15, 0.2) is 0 Å². The lowest BCUT2D eigenvalue weighted by Crippen LogP contribution is -2.14. The molecule has 7 heteroatoms. The van der Waals surface area contributed by atoms with Crippen LogP contribution in [0.2, 0.25) is 0 Å². The summed E-state index contributed by atoms with van der Waals surface area (Å²) in [6.45, 7) is 1.12. The number of ether oxygens (including phenoxy) is 1. The first-order valence-electron chi connectivity index (χ1n) is 6.79. The number of rotatable bonds is 6. The van der Waals surface area contributed by atoms with Crippen LogP contribution in [0.4, 0.5) is 5.95 Å². The third-order valence-corrected chi connectivity index (χ3v) is 3.47. The Bertz CT molecular complexity index is 714. The molecule has 0 fully saturated rings. The number of anilines is 1. The number of hydrogen-bond donors (Lipinski definition) is 1.